The molecule has 0 aromatic rings. The van der Waals surface area contributed by atoms with Gasteiger partial charge in [-0.05, 0) is 50.9 Å². The summed E-state index contributed by atoms with van der Waals surface area (Å²) in [5, 5.41) is 3.69. The predicted molar refractivity (Wildman–Crippen MR) is 85.1 cm³/mol. The third-order valence-electron chi connectivity index (χ3n) is 4.90. The van der Waals surface area contributed by atoms with Gasteiger partial charge in [-0.25, -0.2) is 0 Å². The molecule has 3 nitrogen and oxygen atoms in total. The molecule has 3 heteroatoms. The molecule has 0 radical (unpaired) electrons. The van der Waals surface area contributed by atoms with E-state index in [1.165, 1.54) is 38.8 Å². The maximum Gasteiger partial charge on any atom is 0.0472 e. The van der Waals surface area contributed by atoms with E-state index in [2.05, 4.69) is 37.9 Å². The lowest BCUT2D eigenvalue weighted by atomic mass is 9.79. The van der Waals surface area contributed by atoms with Crippen molar-refractivity contribution < 1.29 is 4.74 Å². The molecule has 1 saturated heterocycles. The van der Waals surface area contributed by atoms with Crippen molar-refractivity contribution in [1.29, 1.82) is 0 Å². The standard InChI is InChI=1S/C17H34N2O/c1-14(2)18-12-17(7-9-20-10-8-17)13-19(15(3)4)11-16-5-6-16/h14-16,18H,5-13H2,1-4H3. The van der Waals surface area contributed by atoms with E-state index in [1.807, 2.05) is 0 Å². The summed E-state index contributed by atoms with van der Waals surface area (Å²) < 4.78 is 5.62. The Hall–Kier alpha value is -0.120. The van der Waals surface area contributed by atoms with Crippen LogP contribution in [0.2, 0.25) is 0 Å². The number of hydrogen-bond acceptors (Lipinski definition) is 3. The van der Waals surface area contributed by atoms with Gasteiger partial charge >= 0.3 is 0 Å². The Morgan fingerprint density at radius 1 is 1.15 bits per heavy atom. The maximum atomic E-state index is 5.62. The molecule has 118 valence electrons. The first-order chi connectivity index (χ1) is 9.51. The van der Waals surface area contributed by atoms with Gasteiger partial charge in [0.25, 0.3) is 0 Å². The van der Waals surface area contributed by atoms with E-state index in [1.54, 1.807) is 0 Å². The summed E-state index contributed by atoms with van der Waals surface area (Å²) in [6.45, 7) is 14.8. The lowest BCUT2D eigenvalue weighted by molar-refractivity contribution is -0.0112. The van der Waals surface area contributed by atoms with Crippen molar-refractivity contribution >= 4 is 0 Å². The zero-order chi connectivity index (χ0) is 14.6. The Balaban J connectivity index is 1.96. The molecule has 0 spiro atoms. The largest absolute Gasteiger partial charge is 0.381 e. The lowest BCUT2D eigenvalue weighted by Gasteiger charge is -2.43. The average molecular weight is 282 g/mol. The lowest BCUT2D eigenvalue weighted by Crippen LogP contribution is -2.50. The highest BCUT2D eigenvalue weighted by Gasteiger charge is 2.36. The van der Waals surface area contributed by atoms with E-state index in [0.29, 0.717) is 17.5 Å². The van der Waals surface area contributed by atoms with Crippen LogP contribution in [-0.4, -0.2) is 49.8 Å². The van der Waals surface area contributed by atoms with Crippen molar-refractivity contribution in [3.8, 4) is 0 Å². The fourth-order valence-corrected chi connectivity index (χ4v) is 3.14. The molecule has 1 saturated carbocycles. The molecule has 20 heavy (non-hydrogen) atoms. The molecule has 0 bridgehead atoms. The quantitative estimate of drug-likeness (QED) is 0.741. The minimum atomic E-state index is 0.418. The number of nitrogens with zero attached hydrogens (tertiary/aromatic N) is 1. The smallest absolute Gasteiger partial charge is 0.0472 e. The van der Waals surface area contributed by atoms with E-state index >= 15 is 0 Å². The summed E-state index contributed by atoms with van der Waals surface area (Å²) in [5.41, 5.74) is 0.418. The molecule has 2 aliphatic rings. The highest BCUT2D eigenvalue weighted by molar-refractivity contribution is 4.90. The Labute approximate surface area is 125 Å². The van der Waals surface area contributed by atoms with Crippen LogP contribution < -0.4 is 5.32 Å². The zero-order valence-electron chi connectivity index (χ0n) is 14.0. The molecule has 2 fully saturated rings. The van der Waals surface area contributed by atoms with Crippen LogP contribution in [-0.2, 0) is 4.74 Å². The summed E-state index contributed by atoms with van der Waals surface area (Å²) in [4.78, 5) is 2.73. The van der Waals surface area contributed by atoms with Crippen molar-refractivity contribution in [3.63, 3.8) is 0 Å². The molecule has 0 aromatic carbocycles. The van der Waals surface area contributed by atoms with E-state index < -0.39 is 0 Å². The van der Waals surface area contributed by atoms with Crippen molar-refractivity contribution in [2.75, 3.05) is 32.8 Å². The van der Waals surface area contributed by atoms with Gasteiger partial charge in [-0.1, -0.05) is 13.8 Å². The fourth-order valence-electron chi connectivity index (χ4n) is 3.14. The van der Waals surface area contributed by atoms with Gasteiger partial charge in [0.2, 0.25) is 0 Å². The molecule has 0 unspecified atom stereocenters. The van der Waals surface area contributed by atoms with Crippen LogP contribution in [0.25, 0.3) is 0 Å². The number of rotatable bonds is 8. The van der Waals surface area contributed by atoms with Crippen LogP contribution >= 0.6 is 0 Å². The summed E-state index contributed by atoms with van der Waals surface area (Å²) in [7, 11) is 0. The van der Waals surface area contributed by atoms with Gasteiger partial charge in [-0.3, -0.25) is 0 Å². The highest BCUT2D eigenvalue weighted by atomic mass is 16.5. The first-order valence-corrected chi connectivity index (χ1v) is 8.56. The Kier molecular flexibility index (Phi) is 5.88. The van der Waals surface area contributed by atoms with Gasteiger partial charge in [-0.15, -0.1) is 0 Å². The monoisotopic (exact) mass is 282 g/mol. The van der Waals surface area contributed by atoms with Crippen LogP contribution in [0.1, 0.15) is 53.4 Å². The predicted octanol–water partition coefficient (Wildman–Crippen LogP) is 2.90. The summed E-state index contributed by atoms with van der Waals surface area (Å²) in [6.07, 6.45) is 5.31. The topological polar surface area (TPSA) is 24.5 Å². The number of hydrogen-bond donors (Lipinski definition) is 1. The molecule has 1 N–H and O–H groups in total. The van der Waals surface area contributed by atoms with Crippen LogP contribution in [0.4, 0.5) is 0 Å². The maximum absolute atomic E-state index is 5.62. The molecule has 1 aliphatic carbocycles. The molecule has 1 heterocycles. The van der Waals surface area contributed by atoms with Crippen LogP contribution in [0.15, 0.2) is 0 Å². The second-order valence-electron chi connectivity index (χ2n) is 7.61. The van der Waals surface area contributed by atoms with E-state index in [9.17, 15) is 0 Å². The Morgan fingerprint density at radius 3 is 2.30 bits per heavy atom. The summed E-state index contributed by atoms with van der Waals surface area (Å²) >= 11 is 0. The molecule has 1 aliphatic heterocycles. The number of ether oxygens (including phenoxy) is 1. The van der Waals surface area contributed by atoms with E-state index in [4.69, 9.17) is 4.74 Å². The summed E-state index contributed by atoms with van der Waals surface area (Å²) in [6, 6.07) is 1.24. The average Bonchev–Trinajstić information content (AvgIpc) is 3.21. The van der Waals surface area contributed by atoms with Gasteiger partial charge in [0, 0.05) is 44.9 Å². The summed E-state index contributed by atoms with van der Waals surface area (Å²) in [5.74, 6) is 0.979. The van der Waals surface area contributed by atoms with E-state index in [-0.39, 0.29) is 0 Å². The van der Waals surface area contributed by atoms with E-state index in [0.717, 1.165) is 25.7 Å². The first-order valence-electron chi connectivity index (χ1n) is 8.56. The van der Waals surface area contributed by atoms with Crippen molar-refractivity contribution in [3.05, 3.63) is 0 Å². The first kappa shape index (κ1) is 16.3. The molecule has 0 atom stereocenters. The third kappa shape index (κ3) is 5.01. The third-order valence-corrected chi connectivity index (χ3v) is 4.90. The SMILES string of the molecule is CC(C)NCC1(CN(CC2CC2)C(C)C)CCOCC1. The van der Waals surface area contributed by atoms with Gasteiger partial charge in [0.1, 0.15) is 0 Å². The van der Waals surface area contributed by atoms with Gasteiger partial charge < -0.3 is 15.0 Å². The van der Waals surface area contributed by atoms with Crippen LogP contribution in [0.5, 0.6) is 0 Å². The molecular formula is C17H34N2O. The second-order valence-corrected chi connectivity index (χ2v) is 7.61. The minimum absolute atomic E-state index is 0.418. The fraction of sp³-hybridized carbons (Fsp3) is 1.00. The molecule has 0 amide bonds. The van der Waals surface area contributed by atoms with Crippen molar-refractivity contribution in [1.82, 2.24) is 10.2 Å². The highest BCUT2D eigenvalue weighted by Crippen LogP contribution is 2.35. The Bertz CT molecular complexity index is 281. The second kappa shape index (κ2) is 7.24. The van der Waals surface area contributed by atoms with Gasteiger partial charge in [0.15, 0.2) is 0 Å². The molecule has 0 aromatic heterocycles. The zero-order valence-corrected chi connectivity index (χ0v) is 14.0. The molecular weight excluding hydrogens is 248 g/mol. The van der Waals surface area contributed by atoms with Crippen molar-refractivity contribution in [2.45, 2.75) is 65.5 Å². The minimum Gasteiger partial charge on any atom is -0.381 e. The van der Waals surface area contributed by atoms with Crippen LogP contribution in [0, 0.1) is 11.3 Å². The Morgan fingerprint density at radius 2 is 1.80 bits per heavy atom. The van der Waals surface area contributed by atoms with Gasteiger partial charge in [0.05, 0.1) is 0 Å². The van der Waals surface area contributed by atoms with Crippen LogP contribution in [0.3, 0.4) is 0 Å². The van der Waals surface area contributed by atoms with Gasteiger partial charge in [-0.2, -0.15) is 0 Å². The molecule has 2 rings (SSSR count). The normalized spacial score (nSPS) is 22.9. The van der Waals surface area contributed by atoms with Crippen molar-refractivity contribution in [2.24, 2.45) is 11.3 Å². The number of nitrogens with one attached hydrogen (secondary N) is 1.